The van der Waals surface area contributed by atoms with Crippen LogP contribution in [0.5, 0.6) is 0 Å². The molecule has 0 aromatic heterocycles. The van der Waals surface area contributed by atoms with Gasteiger partial charge in [0.2, 0.25) is 0 Å². The molecule has 12 atom stereocenters. The number of amides is 2. The number of urea groups is 1. The average molecular weight is 955 g/mol. The lowest BCUT2D eigenvalue weighted by molar-refractivity contribution is -0.146. The van der Waals surface area contributed by atoms with Crippen molar-refractivity contribution in [3.05, 3.63) is 0 Å². The molecule has 66 heavy (non-hydrogen) atoms. The van der Waals surface area contributed by atoms with Crippen molar-refractivity contribution in [3.8, 4) is 0 Å². The second-order valence-electron chi connectivity index (χ2n) is 20.4. The topological polar surface area (TPSA) is 179 Å². The first-order chi connectivity index (χ1) is 32.1. The summed E-state index contributed by atoms with van der Waals surface area (Å²) in [6.45, 7) is 14.2. The largest absolute Gasteiger partial charge is 0.463 e. The fraction of sp³-hybridized carbons (Fsp3) is 0.940. The highest BCUT2D eigenvalue weighted by molar-refractivity contribution is 8.00. The Morgan fingerprint density at radius 2 is 1.18 bits per heavy atom. The Hall–Kier alpha value is -1.76. The number of aliphatic hydroxyl groups is 1. The van der Waals surface area contributed by atoms with Crippen LogP contribution in [-0.4, -0.2) is 158 Å². The Kier molecular flexibility index (Phi) is 22.9. The van der Waals surface area contributed by atoms with E-state index < -0.39 is 0 Å². The van der Waals surface area contributed by atoms with E-state index in [2.05, 4.69) is 31.4 Å². The molecule has 2 saturated heterocycles. The molecule has 6 fully saturated rings. The molecule has 380 valence electrons. The number of hydrogen-bond acceptors (Lipinski definition) is 14. The van der Waals surface area contributed by atoms with Crippen molar-refractivity contribution >= 4 is 29.7 Å². The molecule has 0 aromatic rings. The molecule has 6 rings (SSSR count). The van der Waals surface area contributed by atoms with Crippen LogP contribution in [0.3, 0.4) is 0 Å². The van der Waals surface area contributed by atoms with E-state index in [1.54, 1.807) is 0 Å². The summed E-state index contributed by atoms with van der Waals surface area (Å²) < 4.78 is 49.6. The monoisotopic (exact) mass is 955 g/mol. The summed E-state index contributed by atoms with van der Waals surface area (Å²) >= 11 is 1.89. The summed E-state index contributed by atoms with van der Waals surface area (Å²) in [6.07, 6.45) is 15.5. The quantitative estimate of drug-likeness (QED) is 0.0377. The Labute approximate surface area is 399 Å². The molecule has 2 aliphatic heterocycles. The molecular weight excluding hydrogens is 869 g/mol. The minimum Gasteiger partial charge on any atom is -0.463 e. The van der Waals surface area contributed by atoms with Gasteiger partial charge in [-0.05, 0) is 123 Å². The molecule has 0 unspecified atom stereocenters. The van der Waals surface area contributed by atoms with E-state index in [1.165, 1.54) is 44.9 Å². The Morgan fingerprint density at radius 3 is 1.77 bits per heavy atom. The molecule has 3 N–H and O–H groups in total. The van der Waals surface area contributed by atoms with Gasteiger partial charge in [0.05, 0.1) is 111 Å². The predicted octanol–water partition coefficient (Wildman–Crippen LogP) is 6.35. The lowest BCUT2D eigenvalue weighted by Crippen LogP contribution is -2.54. The number of hydrogen-bond donors (Lipinski definition) is 3. The number of carbonyl (C=O) groups is 3. The van der Waals surface area contributed by atoms with Gasteiger partial charge in [0.15, 0.2) is 0 Å². The van der Waals surface area contributed by atoms with Gasteiger partial charge in [0.1, 0.15) is 13.2 Å². The van der Waals surface area contributed by atoms with Gasteiger partial charge in [-0.15, -0.1) is 0 Å². The van der Waals surface area contributed by atoms with Crippen LogP contribution >= 0.6 is 11.8 Å². The molecule has 15 nitrogen and oxygen atoms in total. The summed E-state index contributed by atoms with van der Waals surface area (Å²) in [4.78, 5) is 36.1. The lowest BCUT2D eigenvalue weighted by Gasteiger charge is -2.61. The van der Waals surface area contributed by atoms with Gasteiger partial charge < -0.3 is 58.4 Å². The third kappa shape index (κ3) is 15.9. The summed E-state index contributed by atoms with van der Waals surface area (Å²) in [5.74, 6) is 4.98. The van der Waals surface area contributed by atoms with Gasteiger partial charge >= 0.3 is 18.0 Å². The van der Waals surface area contributed by atoms with Crippen molar-refractivity contribution in [2.75, 3.05) is 111 Å². The molecule has 0 aromatic carbocycles. The molecule has 6 aliphatic rings. The number of nitrogens with one attached hydrogen (secondary N) is 2. The predicted molar refractivity (Wildman–Crippen MR) is 251 cm³/mol. The van der Waals surface area contributed by atoms with Crippen LogP contribution in [0.1, 0.15) is 117 Å². The van der Waals surface area contributed by atoms with Crippen molar-refractivity contribution < 1.29 is 62.1 Å². The highest BCUT2D eigenvalue weighted by Crippen LogP contribution is 2.68. The summed E-state index contributed by atoms with van der Waals surface area (Å²) in [5, 5.41) is 16.7. The molecule has 16 heteroatoms. The highest BCUT2D eigenvalue weighted by atomic mass is 32.2. The van der Waals surface area contributed by atoms with Crippen LogP contribution in [0, 0.1) is 46.3 Å². The summed E-state index contributed by atoms with van der Waals surface area (Å²) in [6, 6.07) is 0.364. The summed E-state index contributed by atoms with van der Waals surface area (Å²) in [7, 11) is 0. The van der Waals surface area contributed by atoms with Gasteiger partial charge in [-0.1, -0.05) is 27.2 Å². The zero-order valence-electron chi connectivity index (χ0n) is 40.7. The fourth-order valence-corrected chi connectivity index (χ4v) is 14.6. The Morgan fingerprint density at radius 1 is 0.652 bits per heavy atom. The molecule has 4 saturated carbocycles. The Bertz CT molecular complexity index is 1450. The first-order valence-electron chi connectivity index (χ1n) is 25.8. The van der Waals surface area contributed by atoms with Gasteiger partial charge in [-0.2, -0.15) is 11.8 Å². The molecule has 2 heterocycles. The number of fused-ring (bicyclic) bond motifs is 6. The van der Waals surface area contributed by atoms with Crippen molar-refractivity contribution in [2.45, 2.75) is 141 Å². The average Bonchev–Trinajstić information content (AvgIpc) is 3.98. The molecular formula is C50H86N2O13S. The number of thioether (sulfide) groups is 1. The molecule has 0 radical (unpaired) electrons. The standard InChI is InChI=1S/C50H86N2O13S/c1-36(40-11-12-41-39-10-9-37-34-38(53)14-16-49(37,2)42(39)15-17-50(40,41)3)8-13-46(55)65-33-31-63-29-27-61-25-23-59-21-19-57-18-20-58-22-24-60-26-28-62-30-32-64-45(54)7-5-4-6-44-47-43(35-66-44)51-48(56)52-47/h36-44,47,53H,4-35H2,1-3H3,(H2,51,52,56)/t36-,37-,38-,39+,40-,41+,42+,43+,44+,47+,49+,50-/m1/s1. The zero-order valence-corrected chi connectivity index (χ0v) is 41.5. The first kappa shape index (κ1) is 53.6. The van der Waals surface area contributed by atoms with Crippen LogP contribution in [0.25, 0.3) is 0 Å². The second-order valence-corrected chi connectivity index (χ2v) is 21.7. The van der Waals surface area contributed by atoms with Crippen LogP contribution in [-0.2, 0) is 52.2 Å². The van der Waals surface area contributed by atoms with Crippen LogP contribution in [0.4, 0.5) is 4.79 Å². The van der Waals surface area contributed by atoms with E-state index in [9.17, 15) is 19.5 Å². The van der Waals surface area contributed by atoms with Crippen LogP contribution in [0.15, 0.2) is 0 Å². The van der Waals surface area contributed by atoms with E-state index in [1.807, 2.05) is 11.8 Å². The minimum atomic E-state index is -0.207. The zero-order chi connectivity index (χ0) is 46.6. The minimum absolute atomic E-state index is 0.0706. The van der Waals surface area contributed by atoms with E-state index in [4.69, 9.17) is 42.6 Å². The molecule has 0 spiro atoms. The third-order valence-electron chi connectivity index (χ3n) is 16.5. The maximum Gasteiger partial charge on any atom is 0.315 e. The lowest BCUT2D eigenvalue weighted by atomic mass is 9.44. The number of rotatable bonds is 33. The number of carbonyl (C=O) groups excluding carboxylic acids is 3. The number of aliphatic hydroxyl groups excluding tert-OH is 1. The van der Waals surface area contributed by atoms with Gasteiger partial charge in [0.25, 0.3) is 0 Å². The number of ether oxygens (including phenoxy) is 9. The van der Waals surface area contributed by atoms with Crippen molar-refractivity contribution in [1.29, 1.82) is 0 Å². The number of esters is 2. The normalized spacial score (nSPS) is 32.7. The van der Waals surface area contributed by atoms with Crippen LogP contribution in [0.2, 0.25) is 0 Å². The van der Waals surface area contributed by atoms with E-state index >= 15 is 0 Å². The van der Waals surface area contributed by atoms with Gasteiger partial charge in [-0.25, -0.2) is 4.79 Å². The van der Waals surface area contributed by atoms with Crippen molar-refractivity contribution in [2.24, 2.45) is 46.3 Å². The summed E-state index contributed by atoms with van der Waals surface area (Å²) in [5.41, 5.74) is 0.799. The highest BCUT2D eigenvalue weighted by Gasteiger charge is 2.60. The van der Waals surface area contributed by atoms with Gasteiger partial charge in [0, 0.05) is 23.8 Å². The SMILES string of the molecule is C[C@H](CCC(=O)OCCOCCOCCOCCOCCOCCOCCOCCOC(=O)CCCC[C@@H]1SC[C@@H]2NC(=O)N[C@@H]21)[C@H]1CC[C@H]2[C@@H]3CC[C@@H]4C[C@H](O)CC[C@]4(C)[C@H]3CC[C@]12C. The molecule has 2 amide bonds. The second kappa shape index (κ2) is 28.2. The maximum absolute atomic E-state index is 12.6. The fourth-order valence-electron chi connectivity index (χ4n) is 13.0. The smallest absolute Gasteiger partial charge is 0.315 e. The van der Waals surface area contributed by atoms with Gasteiger partial charge in [-0.3, -0.25) is 9.59 Å². The van der Waals surface area contributed by atoms with Crippen molar-refractivity contribution in [3.63, 3.8) is 0 Å². The Balaban J connectivity index is 0.632. The van der Waals surface area contributed by atoms with E-state index in [-0.39, 0.29) is 49.4 Å². The van der Waals surface area contributed by atoms with E-state index in [0.717, 1.165) is 62.0 Å². The first-order valence-corrected chi connectivity index (χ1v) is 26.9. The van der Waals surface area contributed by atoms with Crippen LogP contribution < -0.4 is 10.6 Å². The number of unbranched alkanes of at least 4 members (excludes halogenated alkanes) is 1. The molecule has 0 bridgehead atoms. The van der Waals surface area contributed by atoms with Crippen molar-refractivity contribution in [1.82, 2.24) is 10.6 Å². The third-order valence-corrected chi connectivity index (χ3v) is 18.0. The maximum atomic E-state index is 12.6. The molecule has 4 aliphatic carbocycles. The van der Waals surface area contributed by atoms with E-state index in [0.29, 0.717) is 139 Å².